The summed E-state index contributed by atoms with van der Waals surface area (Å²) in [5, 5.41) is 2.70. The lowest BCUT2D eigenvalue weighted by atomic mass is 10.4. The van der Waals surface area contributed by atoms with Gasteiger partial charge in [0.2, 0.25) is 5.91 Å². The van der Waals surface area contributed by atoms with Crippen molar-refractivity contribution in [3.05, 3.63) is 16.7 Å². The highest BCUT2D eigenvalue weighted by molar-refractivity contribution is 9.10. The van der Waals surface area contributed by atoms with Crippen LogP contribution in [0.1, 0.15) is 6.42 Å². The van der Waals surface area contributed by atoms with Crippen LogP contribution >= 0.6 is 27.3 Å². The second-order valence-electron chi connectivity index (χ2n) is 3.98. The van der Waals surface area contributed by atoms with Crippen molar-refractivity contribution < 1.29 is 13.6 Å². The van der Waals surface area contributed by atoms with Crippen LogP contribution in [0.5, 0.6) is 0 Å². The summed E-state index contributed by atoms with van der Waals surface area (Å²) in [7, 11) is 0. The van der Waals surface area contributed by atoms with E-state index in [9.17, 15) is 13.6 Å². The monoisotopic (exact) mass is 333 g/mol. The molecule has 1 N–H and O–H groups in total. The Bertz CT molecular complexity index is 645. The van der Waals surface area contributed by atoms with Gasteiger partial charge in [0, 0.05) is 6.42 Å². The van der Waals surface area contributed by atoms with E-state index in [4.69, 9.17) is 0 Å². The Labute approximate surface area is 113 Å². The number of fused-ring (bicyclic) bond motifs is 1. The molecule has 0 aromatic carbocycles. The number of carbonyl (C=O) groups excluding carboxylic acids is 1. The summed E-state index contributed by atoms with van der Waals surface area (Å²) < 4.78 is 26.1. The van der Waals surface area contributed by atoms with Gasteiger partial charge in [-0.3, -0.25) is 4.79 Å². The van der Waals surface area contributed by atoms with Gasteiger partial charge >= 0.3 is 0 Å². The van der Waals surface area contributed by atoms with Gasteiger partial charge in [-0.05, 0) is 28.1 Å². The van der Waals surface area contributed by atoms with Gasteiger partial charge in [0.05, 0.1) is 0 Å². The molecule has 3 rings (SSSR count). The molecule has 94 valence electrons. The molecule has 1 saturated carbocycles. The van der Waals surface area contributed by atoms with Gasteiger partial charge in [0.25, 0.3) is 5.92 Å². The summed E-state index contributed by atoms with van der Waals surface area (Å²) in [6, 6.07) is 3.47. The van der Waals surface area contributed by atoms with E-state index >= 15 is 0 Å². The maximum Gasteiger partial charge on any atom is 0.260 e. The SMILES string of the molecule is O=C(Nc1nc2ccc(Br)nc2s1)C1CC1(F)F. The molecular weight excluding hydrogens is 328 g/mol. The van der Waals surface area contributed by atoms with Crippen molar-refractivity contribution in [1.82, 2.24) is 9.97 Å². The molecule has 8 heteroatoms. The zero-order valence-corrected chi connectivity index (χ0v) is 11.2. The zero-order valence-electron chi connectivity index (χ0n) is 8.78. The van der Waals surface area contributed by atoms with Crippen LogP contribution in [0, 0.1) is 5.92 Å². The molecule has 0 radical (unpaired) electrons. The molecule has 0 bridgehead atoms. The van der Waals surface area contributed by atoms with Gasteiger partial charge in [-0.1, -0.05) is 11.3 Å². The molecule has 1 aliphatic carbocycles. The molecule has 2 heterocycles. The lowest BCUT2D eigenvalue weighted by Gasteiger charge is -1.98. The lowest BCUT2D eigenvalue weighted by molar-refractivity contribution is -0.119. The third-order valence-electron chi connectivity index (χ3n) is 2.59. The molecule has 1 unspecified atom stereocenters. The van der Waals surface area contributed by atoms with Crippen LogP contribution < -0.4 is 5.32 Å². The summed E-state index contributed by atoms with van der Waals surface area (Å²) in [5.74, 6) is -4.76. The van der Waals surface area contributed by atoms with Crippen LogP contribution in [0.15, 0.2) is 16.7 Å². The molecule has 2 aromatic heterocycles. The number of thiazole rings is 1. The van der Waals surface area contributed by atoms with Crippen molar-refractivity contribution in [3.63, 3.8) is 0 Å². The fraction of sp³-hybridized carbons (Fsp3) is 0.300. The van der Waals surface area contributed by atoms with Crippen LogP contribution in [-0.4, -0.2) is 21.8 Å². The number of amides is 1. The number of hydrogen-bond acceptors (Lipinski definition) is 4. The van der Waals surface area contributed by atoms with E-state index in [0.29, 0.717) is 20.1 Å². The normalized spacial score (nSPS) is 20.9. The quantitative estimate of drug-likeness (QED) is 0.859. The first kappa shape index (κ1) is 11.9. The van der Waals surface area contributed by atoms with Crippen molar-refractivity contribution in [2.45, 2.75) is 12.3 Å². The predicted molar refractivity (Wildman–Crippen MR) is 66.8 cm³/mol. The number of nitrogens with one attached hydrogen (secondary N) is 1. The third-order valence-corrected chi connectivity index (χ3v) is 3.92. The Kier molecular flexibility index (Phi) is 2.60. The first-order valence-electron chi connectivity index (χ1n) is 5.07. The van der Waals surface area contributed by atoms with E-state index < -0.39 is 17.7 Å². The van der Waals surface area contributed by atoms with E-state index in [1.54, 1.807) is 12.1 Å². The molecule has 4 nitrogen and oxygen atoms in total. The Hall–Kier alpha value is -1.15. The van der Waals surface area contributed by atoms with Crippen molar-refractivity contribution in [2.24, 2.45) is 5.92 Å². The van der Waals surface area contributed by atoms with Crippen LogP contribution in [0.3, 0.4) is 0 Å². The van der Waals surface area contributed by atoms with Crippen LogP contribution in [0.2, 0.25) is 0 Å². The number of nitrogens with zero attached hydrogens (tertiary/aromatic N) is 2. The smallest absolute Gasteiger partial charge is 0.260 e. The Balaban J connectivity index is 1.81. The molecule has 0 spiro atoms. The summed E-state index contributed by atoms with van der Waals surface area (Å²) in [6.07, 6.45) is -0.381. The number of rotatable bonds is 2. The van der Waals surface area contributed by atoms with E-state index in [2.05, 4.69) is 31.2 Å². The van der Waals surface area contributed by atoms with Gasteiger partial charge in [-0.25, -0.2) is 18.7 Å². The zero-order chi connectivity index (χ0) is 12.9. The molecule has 2 aromatic rings. The minimum atomic E-state index is -2.86. The molecule has 0 aliphatic heterocycles. The highest BCUT2D eigenvalue weighted by Crippen LogP contribution is 2.49. The van der Waals surface area contributed by atoms with E-state index in [1.807, 2.05) is 0 Å². The molecule has 18 heavy (non-hydrogen) atoms. The fourth-order valence-corrected chi connectivity index (χ4v) is 2.81. The Morgan fingerprint density at radius 1 is 1.50 bits per heavy atom. The lowest BCUT2D eigenvalue weighted by Crippen LogP contribution is -2.17. The number of pyridine rings is 1. The summed E-state index contributed by atoms with van der Waals surface area (Å²) in [4.78, 5) is 20.4. The number of hydrogen-bond donors (Lipinski definition) is 1. The molecule has 1 aliphatic rings. The van der Waals surface area contributed by atoms with Crippen LogP contribution in [0.4, 0.5) is 13.9 Å². The van der Waals surface area contributed by atoms with Gasteiger partial charge in [0.1, 0.15) is 20.9 Å². The number of aromatic nitrogens is 2. The number of halogens is 3. The molecule has 1 fully saturated rings. The Morgan fingerprint density at radius 2 is 2.22 bits per heavy atom. The summed E-state index contributed by atoms with van der Waals surface area (Å²) in [5.41, 5.74) is 0.626. The standard InChI is InChI=1S/C10H6BrF2N3OS/c11-6-2-1-5-8(15-6)18-9(14-5)16-7(17)4-3-10(4,12)13/h1-2,4H,3H2,(H,14,16,17). The highest BCUT2D eigenvalue weighted by atomic mass is 79.9. The molecular formula is C10H6BrF2N3OS. The van der Waals surface area contributed by atoms with Crippen molar-refractivity contribution in [1.29, 1.82) is 0 Å². The van der Waals surface area contributed by atoms with Crippen molar-refractivity contribution >= 4 is 48.7 Å². The molecule has 0 saturated heterocycles. The largest absolute Gasteiger partial charge is 0.301 e. The van der Waals surface area contributed by atoms with Crippen molar-refractivity contribution in [3.8, 4) is 0 Å². The number of anilines is 1. The third kappa shape index (κ3) is 2.10. The summed E-state index contributed by atoms with van der Waals surface area (Å²) >= 11 is 4.38. The molecule has 1 atom stereocenters. The first-order valence-corrected chi connectivity index (χ1v) is 6.68. The summed E-state index contributed by atoms with van der Waals surface area (Å²) in [6.45, 7) is 0. The van der Waals surface area contributed by atoms with Gasteiger partial charge in [0.15, 0.2) is 5.13 Å². The molecule has 1 amide bonds. The van der Waals surface area contributed by atoms with Crippen LogP contribution in [0.25, 0.3) is 10.3 Å². The average molecular weight is 334 g/mol. The van der Waals surface area contributed by atoms with Gasteiger partial charge < -0.3 is 5.32 Å². The second kappa shape index (κ2) is 3.92. The number of alkyl halides is 2. The maximum atomic E-state index is 12.7. The minimum Gasteiger partial charge on any atom is -0.301 e. The topological polar surface area (TPSA) is 54.9 Å². The van der Waals surface area contributed by atoms with E-state index in [0.717, 1.165) is 11.3 Å². The fourth-order valence-electron chi connectivity index (χ4n) is 1.54. The number of carbonyl (C=O) groups is 1. The van der Waals surface area contributed by atoms with Gasteiger partial charge in [-0.2, -0.15) is 0 Å². The average Bonchev–Trinajstić information content (AvgIpc) is 2.76. The second-order valence-corrected chi connectivity index (χ2v) is 5.77. The highest BCUT2D eigenvalue weighted by Gasteiger charge is 2.61. The van der Waals surface area contributed by atoms with Crippen molar-refractivity contribution in [2.75, 3.05) is 5.32 Å². The van der Waals surface area contributed by atoms with Crippen LogP contribution in [-0.2, 0) is 4.79 Å². The first-order chi connectivity index (χ1) is 8.45. The van der Waals surface area contributed by atoms with E-state index in [-0.39, 0.29) is 6.42 Å². The van der Waals surface area contributed by atoms with E-state index in [1.165, 1.54) is 0 Å². The maximum absolute atomic E-state index is 12.7. The Morgan fingerprint density at radius 3 is 2.89 bits per heavy atom. The minimum absolute atomic E-state index is 0.295. The van der Waals surface area contributed by atoms with Gasteiger partial charge in [-0.15, -0.1) is 0 Å². The predicted octanol–water partition coefficient (Wildman–Crippen LogP) is 3.05.